The second-order valence-electron chi connectivity index (χ2n) is 7.29. The lowest BCUT2D eigenvalue weighted by molar-refractivity contribution is -0.117. The number of benzene rings is 2. The summed E-state index contributed by atoms with van der Waals surface area (Å²) in [4.78, 5) is 26.0. The fraction of sp³-hybridized carbons (Fsp3) is 0.364. The quantitative estimate of drug-likeness (QED) is 0.657. The first-order valence-corrected chi connectivity index (χ1v) is 9.76. The molecule has 2 aromatic rings. The van der Waals surface area contributed by atoms with Crippen molar-refractivity contribution in [2.45, 2.75) is 38.9 Å². The zero-order chi connectivity index (χ0) is 19.9. The maximum absolute atomic E-state index is 12.4. The molecule has 1 aliphatic heterocycles. The molecule has 0 radical (unpaired) electrons. The monoisotopic (exact) mass is 380 g/mol. The third-order valence-corrected chi connectivity index (χ3v) is 5.14. The lowest BCUT2D eigenvalue weighted by atomic mass is 10.1. The van der Waals surface area contributed by atoms with Crippen molar-refractivity contribution < 1.29 is 9.59 Å². The van der Waals surface area contributed by atoms with Crippen LogP contribution in [0.25, 0.3) is 0 Å². The summed E-state index contributed by atoms with van der Waals surface area (Å²) < 4.78 is 0. The topological polar surface area (TPSA) is 87.5 Å². The maximum Gasteiger partial charge on any atom is 0.248 e. The summed E-state index contributed by atoms with van der Waals surface area (Å²) >= 11 is 0. The Labute approximate surface area is 166 Å². The van der Waals surface area contributed by atoms with Gasteiger partial charge in [-0.3, -0.25) is 14.5 Å². The van der Waals surface area contributed by atoms with Crippen molar-refractivity contribution in [3.63, 3.8) is 0 Å². The van der Waals surface area contributed by atoms with E-state index in [2.05, 4.69) is 33.7 Å². The van der Waals surface area contributed by atoms with E-state index in [-0.39, 0.29) is 11.9 Å². The summed E-state index contributed by atoms with van der Waals surface area (Å²) in [6, 6.07) is 14.6. The second-order valence-corrected chi connectivity index (χ2v) is 7.29. The van der Waals surface area contributed by atoms with Crippen LogP contribution in [0.3, 0.4) is 0 Å². The van der Waals surface area contributed by atoms with Gasteiger partial charge in [0, 0.05) is 24.3 Å². The Kier molecular flexibility index (Phi) is 6.79. The summed E-state index contributed by atoms with van der Waals surface area (Å²) in [6.45, 7) is 5.77. The van der Waals surface area contributed by atoms with Gasteiger partial charge in [0.2, 0.25) is 11.8 Å². The minimum Gasteiger partial charge on any atom is -0.366 e. The zero-order valence-electron chi connectivity index (χ0n) is 16.3. The molecule has 6 nitrogen and oxygen atoms in total. The number of carbonyl (C=O) groups is 2. The normalized spacial score (nSPS) is 15.3. The number of anilines is 1. The Hall–Kier alpha value is -2.70. The predicted molar refractivity (Wildman–Crippen MR) is 111 cm³/mol. The SMILES string of the molecule is C[C@H](NCc1ccccc1CN1CCCC1)C(=O)Nc1ccc(C(N)=O)cc1. The summed E-state index contributed by atoms with van der Waals surface area (Å²) in [7, 11) is 0. The third-order valence-electron chi connectivity index (χ3n) is 5.14. The Morgan fingerprint density at radius 1 is 1.04 bits per heavy atom. The number of likely N-dealkylation sites (tertiary alicyclic amines) is 1. The highest BCUT2D eigenvalue weighted by Gasteiger charge is 2.16. The molecule has 1 atom stereocenters. The number of nitrogens with zero attached hydrogens (tertiary/aromatic N) is 1. The van der Waals surface area contributed by atoms with Crippen LogP contribution < -0.4 is 16.4 Å². The molecule has 1 heterocycles. The summed E-state index contributed by atoms with van der Waals surface area (Å²) in [5.41, 5.74) is 8.82. The molecule has 6 heteroatoms. The van der Waals surface area contributed by atoms with E-state index < -0.39 is 5.91 Å². The average Bonchev–Trinajstić information content (AvgIpc) is 3.20. The smallest absolute Gasteiger partial charge is 0.248 e. The second kappa shape index (κ2) is 9.48. The third kappa shape index (κ3) is 5.41. The Morgan fingerprint density at radius 2 is 1.68 bits per heavy atom. The number of nitrogens with two attached hydrogens (primary N) is 1. The molecule has 3 rings (SSSR count). The van der Waals surface area contributed by atoms with Crippen LogP contribution in [-0.2, 0) is 17.9 Å². The fourth-order valence-corrected chi connectivity index (χ4v) is 3.39. The van der Waals surface area contributed by atoms with Gasteiger partial charge < -0.3 is 16.4 Å². The fourth-order valence-electron chi connectivity index (χ4n) is 3.39. The molecule has 0 unspecified atom stereocenters. The van der Waals surface area contributed by atoms with Gasteiger partial charge in [0.05, 0.1) is 6.04 Å². The molecular formula is C22H28N4O2. The van der Waals surface area contributed by atoms with Gasteiger partial charge in [0.25, 0.3) is 0 Å². The van der Waals surface area contributed by atoms with E-state index in [1.165, 1.54) is 24.0 Å². The standard InChI is InChI=1S/C22H28N4O2/c1-16(22(28)25-20-10-8-17(9-11-20)21(23)27)24-14-18-6-2-3-7-19(18)15-26-12-4-5-13-26/h2-3,6-11,16,24H,4-5,12-15H2,1H3,(H2,23,27)(H,25,28)/t16-/m0/s1. The van der Waals surface area contributed by atoms with Gasteiger partial charge in [-0.05, 0) is 68.2 Å². The molecular weight excluding hydrogens is 352 g/mol. The van der Waals surface area contributed by atoms with Crippen molar-refractivity contribution in [1.82, 2.24) is 10.2 Å². The van der Waals surface area contributed by atoms with Crippen LogP contribution in [0.5, 0.6) is 0 Å². The minimum atomic E-state index is -0.486. The van der Waals surface area contributed by atoms with E-state index in [1.807, 2.05) is 13.0 Å². The van der Waals surface area contributed by atoms with Gasteiger partial charge in [0.15, 0.2) is 0 Å². The lowest BCUT2D eigenvalue weighted by Gasteiger charge is -2.19. The highest BCUT2D eigenvalue weighted by Crippen LogP contribution is 2.16. The molecule has 2 aromatic carbocycles. The van der Waals surface area contributed by atoms with Crippen LogP contribution in [0.2, 0.25) is 0 Å². The number of nitrogens with one attached hydrogen (secondary N) is 2. The minimum absolute atomic E-state index is 0.121. The summed E-state index contributed by atoms with van der Waals surface area (Å²) in [5, 5.41) is 6.16. The summed E-state index contributed by atoms with van der Waals surface area (Å²) in [5.74, 6) is -0.607. The van der Waals surface area contributed by atoms with Crippen LogP contribution in [0.4, 0.5) is 5.69 Å². The van der Waals surface area contributed by atoms with Crippen molar-refractivity contribution in [2.75, 3.05) is 18.4 Å². The van der Waals surface area contributed by atoms with E-state index in [0.29, 0.717) is 17.8 Å². The van der Waals surface area contributed by atoms with Gasteiger partial charge in [-0.2, -0.15) is 0 Å². The molecule has 0 bridgehead atoms. The largest absolute Gasteiger partial charge is 0.366 e. The first kappa shape index (κ1) is 20.0. The van der Waals surface area contributed by atoms with Crippen molar-refractivity contribution >= 4 is 17.5 Å². The van der Waals surface area contributed by atoms with E-state index in [4.69, 9.17) is 5.73 Å². The molecule has 28 heavy (non-hydrogen) atoms. The van der Waals surface area contributed by atoms with Crippen molar-refractivity contribution in [3.8, 4) is 0 Å². The maximum atomic E-state index is 12.4. The van der Waals surface area contributed by atoms with Gasteiger partial charge in [-0.25, -0.2) is 0 Å². The molecule has 0 saturated carbocycles. The zero-order valence-corrected chi connectivity index (χ0v) is 16.3. The van der Waals surface area contributed by atoms with Crippen LogP contribution in [-0.4, -0.2) is 35.8 Å². The van der Waals surface area contributed by atoms with E-state index >= 15 is 0 Å². The molecule has 0 aliphatic carbocycles. The Bertz CT molecular complexity index is 814. The van der Waals surface area contributed by atoms with Crippen LogP contribution in [0.1, 0.15) is 41.3 Å². The molecule has 0 aromatic heterocycles. The van der Waals surface area contributed by atoms with Gasteiger partial charge in [-0.1, -0.05) is 24.3 Å². The number of carbonyl (C=O) groups excluding carboxylic acids is 2. The molecule has 1 fully saturated rings. The van der Waals surface area contributed by atoms with Crippen molar-refractivity contribution in [3.05, 3.63) is 65.2 Å². The highest BCUT2D eigenvalue weighted by molar-refractivity contribution is 5.96. The lowest BCUT2D eigenvalue weighted by Crippen LogP contribution is -2.37. The van der Waals surface area contributed by atoms with Crippen molar-refractivity contribution in [1.29, 1.82) is 0 Å². The molecule has 2 amide bonds. The highest BCUT2D eigenvalue weighted by atomic mass is 16.2. The van der Waals surface area contributed by atoms with Crippen LogP contribution in [0.15, 0.2) is 48.5 Å². The molecule has 148 valence electrons. The number of primary amides is 1. The Morgan fingerprint density at radius 3 is 2.32 bits per heavy atom. The van der Waals surface area contributed by atoms with E-state index in [1.54, 1.807) is 24.3 Å². The summed E-state index contributed by atoms with van der Waals surface area (Å²) in [6.07, 6.45) is 2.55. The number of rotatable bonds is 8. The predicted octanol–water partition coefficient (Wildman–Crippen LogP) is 2.50. The molecule has 4 N–H and O–H groups in total. The number of hydrogen-bond donors (Lipinski definition) is 3. The molecule has 1 saturated heterocycles. The van der Waals surface area contributed by atoms with Gasteiger partial charge in [-0.15, -0.1) is 0 Å². The average molecular weight is 380 g/mol. The number of hydrogen-bond acceptors (Lipinski definition) is 4. The van der Waals surface area contributed by atoms with E-state index in [0.717, 1.165) is 19.6 Å². The van der Waals surface area contributed by atoms with Crippen molar-refractivity contribution in [2.24, 2.45) is 5.73 Å². The van der Waals surface area contributed by atoms with Crippen LogP contribution in [0, 0.1) is 0 Å². The molecule has 1 aliphatic rings. The van der Waals surface area contributed by atoms with Gasteiger partial charge >= 0.3 is 0 Å². The molecule has 0 spiro atoms. The first-order chi connectivity index (χ1) is 13.5. The first-order valence-electron chi connectivity index (χ1n) is 9.76. The number of amides is 2. The Balaban J connectivity index is 1.54. The van der Waals surface area contributed by atoms with Crippen LogP contribution >= 0.6 is 0 Å². The van der Waals surface area contributed by atoms with E-state index in [9.17, 15) is 9.59 Å². The van der Waals surface area contributed by atoms with Gasteiger partial charge in [0.1, 0.15) is 0 Å².